The molecule has 1 fully saturated rings. The van der Waals surface area contributed by atoms with Gasteiger partial charge in [0, 0.05) is 16.4 Å². The molecule has 2 rings (SSSR count). The average Bonchev–Trinajstić information content (AvgIpc) is 2.73. The standard InChI is InChI=1S/C14H20BrN/c1-10-7-11(2)13(15)12(8-10)14(9-16)5-3-4-6-14/h7-8H,3-6,9,16H2,1-2H3. The minimum atomic E-state index is 0.232. The molecule has 1 aliphatic rings. The van der Waals surface area contributed by atoms with Crippen LogP contribution >= 0.6 is 15.9 Å². The molecule has 0 atom stereocenters. The highest BCUT2D eigenvalue weighted by Crippen LogP contribution is 2.44. The fourth-order valence-electron chi connectivity index (χ4n) is 2.97. The predicted octanol–water partition coefficient (Wildman–Crippen LogP) is 3.84. The Morgan fingerprint density at radius 1 is 1.25 bits per heavy atom. The van der Waals surface area contributed by atoms with E-state index in [-0.39, 0.29) is 5.41 Å². The molecule has 0 saturated heterocycles. The van der Waals surface area contributed by atoms with Crippen LogP contribution in [-0.4, -0.2) is 6.54 Å². The molecule has 1 saturated carbocycles. The first-order chi connectivity index (χ1) is 7.59. The van der Waals surface area contributed by atoms with E-state index in [2.05, 4.69) is 41.9 Å². The van der Waals surface area contributed by atoms with Gasteiger partial charge in [-0.25, -0.2) is 0 Å². The molecular weight excluding hydrogens is 262 g/mol. The summed E-state index contributed by atoms with van der Waals surface area (Å²) in [5, 5.41) is 0. The van der Waals surface area contributed by atoms with E-state index in [4.69, 9.17) is 5.73 Å². The van der Waals surface area contributed by atoms with Gasteiger partial charge in [0.15, 0.2) is 0 Å². The maximum Gasteiger partial charge on any atom is 0.0242 e. The van der Waals surface area contributed by atoms with Crippen molar-refractivity contribution in [3.8, 4) is 0 Å². The van der Waals surface area contributed by atoms with Crippen molar-refractivity contribution in [3.63, 3.8) is 0 Å². The van der Waals surface area contributed by atoms with Crippen LogP contribution in [0.5, 0.6) is 0 Å². The van der Waals surface area contributed by atoms with Gasteiger partial charge in [-0.15, -0.1) is 0 Å². The van der Waals surface area contributed by atoms with E-state index in [1.165, 1.54) is 46.8 Å². The van der Waals surface area contributed by atoms with Crippen LogP contribution in [0.3, 0.4) is 0 Å². The molecule has 0 bridgehead atoms. The molecule has 1 aromatic rings. The monoisotopic (exact) mass is 281 g/mol. The van der Waals surface area contributed by atoms with Crippen LogP contribution in [0.15, 0.2) is 16.6 Å². The molecule has 88 valence electrons. The summed E-state index contributed by atoms with van der Waals surface area (Å²) in [6, 6.07) is 4.54. The molecule has 0 heterocycles. The molecule has 2 N–H and O–H groups in total. The van der Waals surface area contributed by atoms with E-state index in [0.717, 1.165) is 6.54 Å². The molecular formula is C14H20BrN. The lowest BCUT2D eigenvalue weighted by Gasteiger charge is -2.30. The maximum atomic E-state index is 6.05. The van der Waals surface area contributed by atoms with Crippen LogP contribution in [0.25, 0.3) is 0 Å². The van der Waals surface area contributed by atoms with Crippen molar-refractivity contribution in [2.24, 2.45) is 5.73 Å². The second-order valence-electron chi connectivity index (χ2n) is 5.13. The minimum absolute atomic E-state index is 0.232. The summed E-state index contributed by atoms with van der Waals surface area (Å²) in [7, 11) is 0. The van der Waals surface area contributed by atoms with Crippen molar-refractivity contribution >= 4 is 15.9 Å². The molecule has 0 radical (unpaired) electrons. The fourth-order valence-corrected chi connectivity index (χ4v) is 3.62. The molecule has 0 aliphatic heterocycles. The van der Waals surface area contributed by atoms with Crippen LogP contribution < -0.4 is 5.73 Å². The third-order valence-electron chi connectivity index (χ3n) is 3.92. The molecule has 0 amide bonds. The first-order valence-electron chi connectivity index (χ1n) is 6.06. The van der Waals surface area contributed by atoms with Crippen LogP contribution in [0.4, 0.5) is 0 Å². The first kappa shape index (κ1) is 12.1. The SMILES string of the molecule is Cc1cc(C)c(Br)c(C2(CN)CCCC2)c1. The Kier molecular flexibility index (Phi) is 3.41. The Bertz CT molecular complexity index is 392. The zero-order valence-electron chi connectivity index (χ0n) is 10.1. The van der Waals surface area contributed by atoms with Crippen LogP contribution in [-0.2, 0) is 5.41 Å². The maximum absolute atomic E-state index is 6.05. The summed E-state index contributed by atoms with van der Waals surface area (Å²) in [5.41, 5.74) is 10.4. The Morgan fingerprint density at radius 3 is 2.44 bits per heavy atom. The van der Waals surface area contributed by atoms with Gasteiger partial charge >= 0.3 is 0 Å². The molecule has 1 aliphatic carbocycles. The third-order valence-corrected chi connectivity index (χ3v) is 4.97. The summed E-state index contributed by atoms with van der Waals surface area (Å²) < 4.78 is 1.27. The van der Waals surface area contributed by atoms with Gasteiger partial charge in [0.05, 0.1) is 0 Å². The summed E-state index contributed by atoms with van der Waals surface area (Å²) in [5.74, 6) is 0. The lowest BCUT2D eigenvalue weighted by molar-refractivity contribution is 0.450. The zero-order valence-corrected chi connectivity index (χ0v) is 11.7. The number of nitrogens with two attached hydrogens (primary N) is 1. The molecule has 0 spiro atoms. The third kappa shape index (κ3) is 1.93. The van der Waals surface area contributed by atoms with Gasteiger partial charge in [-0.3, -0.25) is 0 Å². The topological polar surface area (TPSA) is 26.0 Å². The first-order valence-corrected chi connectivity index (χ1v) is 6.86. The largest absolute Gasteiger partial charge is 0.330 e. The summed E-state index contributed by atoms with van der Waals surface area (Å²) in [4.78, 5) is 0. The normalized spacial score (nSPS) is 19.0. The van der Waals surface area contributed by atoms with E-state index in [0.29, 0.717) is 0 Å². The van der Waals surface area contributed by atoms with Crippen molar-refractivity contribution in [3.05, 3.63) is 33.3 Å². The molecule has 1 aromatic carbocycles. The highest BCUT2D eigenvalue weighted by Gasteiger charge is 2.36. The lowest BCUT2D eigenvalue weighted by Crippen LogP contribution is -2.32. The minimum Gasteiger partial charge on any atom is -0.330 e. The number of halogens is 1. The Hall–Kier alpha value is -0.340. The quantitative estimate of drug-likeness (QED) is 0.876. The van der Waals surface area contributed by atoms with Crippen molar-refractivity contribution in [2.45, 2.75) is 44.9 Å². The van der Waals surface area contributed by atoms with Gasteiger partial charge in [-0.05, 0) is 37.8 Å². The van der Waals surface area contributed by atoms with Crippen molar-refractivity contribution in [1.82, 2.24) is 0 Å². The van der Waals surface area contributed by atoms with Gasteiger partial charge in [-0.1, -0.05) is 46.5 Å². The lowest BCUT2D eigenvalue weighted by atomic mass is 9.78. The van der Waals surface area contributed by atoms with Crippen molar-refractivity contribution in [2.75, 3.05) is 6.54 Å². The van der Waals surface area contributed by atoms with Gasteiger partial charge < -0.3 is 5.73 Å². The van der Waals surface area contributed by atoms with Gasteiger partial charge in [0.2, 0.25) is 0 Å². The zero-order chi connectivity index (χ0) is 11.8. The average molecular weight is 282 g/mol. The van der Waals surface area contributed by atoms with Crippen LogP contribution in [0.2, 0.25) is 0 Å². The van der Waals surface area contributed by atoms with Crippen molar-refractivity contribution in [1.29, 1.82) is 0 Å². The Labute approximate surface area is 107 Å². The predicted molar refractivity (Wildman–Crippen MR) is 72.8 cm³/mol. The summed E-state index contributed by atoms with van der Waals surface area (Å²) in [6.07, 6.45) is 5.11. The number of hydrogen-bond acceptors (Lipinski definition) is 1. The second-order valence-corrected chi connectivity index (χ2v) is 5.93. The van der Waals surface area contributed by atoms with E-state index in [1.54, 1.807) is 0 Å². The number of hydrogen-bond donors (Lipinski definition) is 1. The molecule has 16 heavy (non-hydrogen) atoms. The molecule has 0 unspecified atom stereocenters. The molecule has 1 nitrogen and oxygen atoms in total. The second kappa shape index (κ2) is 4.50. The van der Waals surface area contributed by atoms with Gasteiger partial charge in [0.1, 0.15) is 0 Å². The summed E-state index contributed by atoms with van der Waals surface area (Å²) in [6.45, 7) is 5.11. The highest BCUT2D eigenvalue weighted by atomic mass is 79.9. The van der Waals surface area contributed by atoms with Gasteiger partial charge in [-0.2, -0.15) is 0 Å². The number of rotatable bonds is 2. The molecule has 2 heteroatoms. The fraction of sp³-hybridized carbons (Fsp3) is 0.571. The van der Waals surface area contributed by atoms with Crippen LogP contribution in [0.1, 0.15) is 42.4 Å². The number of benzene rings is 1. The van der Waals surface area contributed by atoms with E-state index >= 15 is 0 Å². The van der Waals surface area contributed by atoms with E-state index in [9.17, 15) is 0 Å². The van der Waals surface area contributed by atoms with E-state index in [1.807, 2.05) is 0 Å². The molecule has 0 aromatic heterocycles. The summed E-state index contributed by atoms with van der Waals surface area (Å²) >= 11 is 3.74. The van der Waals surface area contributed by atoms with Gasteiger partial charge in [0.25, 0.3) is 0 Å². The Morgan fingerprint density at radius 2 is 1.88 bits per heavy atom. The number of aryl methyl sites for hydroxylation is 2. The van der Waals surface area contributed by atoms with Crippen LogP contribution in [0, 0.1) is 13.8 Å². The van der Waals surface area contributed by atoms with E-state index < -0.39 is 0 Å². The smallest absolute Gasteiger partial charge is 0.0242 e. The highest BCUT2D eigenvalue weighted by molar-refractivity contribution is 9.10. The van der Waals surface area contributed by atoms with Crippen molar-refractivity contribution < 1.29 is 0 Å². The Balaban J connectivity index is 2.53.